The average Bonchev–Trinajstić information content (AvgIpc) is 3.03. The van der Waals surface area contributed by atoms with Crippen LogP contribution in [0.15, 0.2) is 18.2 Å². The molecule has 0 aliphatic carbocycles. The Morgan fingerprint density at radius 1 is 1.45 bits per heavy atom. The summed E-state index contributed by atoms with van der Waals surface area (Å²) in [7, 11) is 3.20. The van der Waals surface area contributed by atoms with Gasteiger partial charge in [-0.25, -0.2) is 4.79 Å². The lowest BCUT2D eigenvalue weighted by Crippen LogP contribution is -1.99. The van der Waals surface area contributed by atoms with Crippen molar-refractivity contribution in [3.63, 3.8) is 0 Å². The molecular formula is C13H12N2O5. The molecular weight excluding hydrogens is 264 g/mol. The Kier molecular flexibility index (Phi) is 2.74. The van der Waals surface area contributed by atoms with Gasteiger partial charge < -0.3 is 19.3 Å². The Bertz CT molecular complexity index is 692. The Morgan fingerprint density at radius 2 is 2.25 bits per heavy atom. The molecule has 7 heteroatoms. The van der Waals surface area contributed by atoms with Gasteiger partial charge in [-0.05, 0) is 18.2 Å². The van der Waals surface area contributed by atoms with E-state index in [1.165, 1.54) is 17.9 Å². The SMILES string of the molecule is COc1c(-c2cc(C(=O)O)nn2C)ccc2c1OCO2. The molecule has 0 spiro atoms. The van der Waals surface area contributed by atoms with Gasteiger partial charge in [0.1, 0.15) is 0 Å². The summed E-state index contributed by atoms with van der Waals surface area (Å²) in [6.07, 6.45) is 0. The van der Waals surface area contributed by atoms with Crippen molar-refractivity contribution in [2.45, 2.75) is 0 Å². The normalized spacial score (nSPS) is 12.5. The second kappa shape index (κ2) is 4.44. The molecule has 1 N–H and O–H groups in total. The number of aromatic carboxylic acids is 1. The summed E-state index contributed by atoms with van der Waals surface area (Å²) >= 11 is 0. The first-order chi connectivity index (χ1) is 9.61. The van der Waals surface area contributed by atoms with Gasteiger partial charge in [-0.15, -0.1) is 0 Å². The number of hydrogen-bond donors (Lipinski definition) is 1. The molecule has 1 aliphatic heterocycles. The molecule has 7 nitrogen and oxygen atoms in total. The number of hydrogen-bond acceptors (Lipinski definition) is 5. The van der Waals surface area contributed by atoms with E-state index in [9.17, 15) is 4.79 Å². The monoisotopic (exact) mass is 276 g/mol. The van der Waals surface area contributed by atoms with Crippen LogP contribution in [-0.4, -0.2) is 34.8 Å². The Balaban J connectivity index is 2.17. The van der Waals surface area contributed by atoms with Crippen molar-refractivity contribution >= 4 is 5.97 Å². The predicted molar refractivity (Wildman–Crippen MR) is 68.3 cm³/mol. The second-order valence-corrected chi connectivity index (χ2v) is 4.22. The molecule has 2 aromatic rings. The van der Waals surface area contributed by atoms with E-state index in [1.807, 2.05) is 0 Å². The number of carboxylic acid groups (broad SMARTS) is 1. The first kappa shape index (κ1) is 12.3. The van der Waals surface area contributed by atoms with Crippen molar-refractivity contribution in [1.82, 2.24) is 9.78 Å². The lowest BCUT2D eigenvalue weighted by atomic mass is 10.1. The van der Waals surface area contributed by atoms with E-state index in [4.69, 9.17) is 19.3 Å². The summed E-state index contributed by atoms with van der Waals surface area (Å²) in [4.78, 5) is 11.0. The Morgan fingerprint density at radius 3 is 2.90 bits per heavy atom. The van der Waals surface area contributed by atoms with E-state index in [2.05, 4.69) is 5.10 Å². The van der Waals surface area contributed by atoms with Crippen LogP contribution in [0.4, 0.5) is 0 Å². The molecule has 0 atom stereocenters. The number of methoxy groups -OCH3 is 1. The molecule has 0 bridgehead atoms. The number of nitrogens with zero attached hydrogens (tertiary/aromatic N) is 2. The highest BCUT2D eigenvalue weighted by Crippen LogP contribution is 2.46. The van der Waals surface area contributed by atoms with Gasteiger partial charge in [0.25, 0.3) is 0 Å². The zero-order chi connectivity index (χ0) is 14.3. The van der Waals surface area contributed by atoms with Gasteiger partial charge in [0.2, 0.25) is 12.5 Å². The lowest BCUT2D eigenvalue weighted by molar-refractivity contribution is 0.0689. The van der Waals surface area contributed by atoms with E-state index < -0.39 is 5.97 Å². The zero-order valence-electron chi connectivity index (χ0n) is 10.9. The number of carboxylic acids is 1. The summed E-state index contributed by atoms with van der Waals surface area (Å²) in [5.41, 5.74) is 1.29. The fraction of sp³-hybridized carbons (Fsp3) is 0.231. The van der Waals surface area contributed by atoms with Crippen molar-refractivity contribution < 1.29 is 24.1 Å². The number of aromatic nitrogens is 2. The minimum absolute atomic E-state index is 0.0257. The third kappa shape index (κ3) is 1.75. The summed E-state index contributed by atoms with van der Waals surface area (Å²) in [5.74, 6) is 0.542. The molecule has 1 aliphatic rings. The molecule has 2 heterocycles. The molecule has 3 rings (SSSR count). The second-order valence-electron chi connectivity index (χ2n) is 4.22. The van der Waals surface area contributed by atoms with Gasteiger partial charge in [0, 0.05) is 12.6 Å². The molecule has 0 radical (unpaired) electrons. The first-order valence-corrected chi connectivity index (χ1v) is 5.86. The molecule has 1 aromatic heterocycles. The fourth-order valence-electron chi connectivity index (χ4n) is 2.18. The molecule has 0 saturated heterocycles. The van der Waals surface area contributed by atoms with Crippen LogP contribution in [0.1, 0.15) is 10.5 Å². The molecule has 0 unspecified atom stereocenters. The molecule has 104 valence electrons. The van der Waals surface area contributed by atoms with E-state index >= 15 is 0 Å². The topological polar surface area (TPSA) is 82.8 Å². The zero-order valence-corrected chi connectivity index (χ0v) is 10.9. The van der Waals surface area contributed by atoms with Crippen molar-refractivity contribution in [2.75, 3.05) is 13.9 Å². The van der Waals surface area contributed by atoms with Gasteiger partial charge in [-0.1, -0.05) is 0 Å². The fourth-order valence-corrected chi connectivity index (χ4v) is 2.18. The minimum Gasteiger partial charge on any atom is -0.492 e. The number of carbonyl (C=O) groups is 1. The first-order valence-electron chi connectivity index (χ1n) is 5.86. The molecule has 0 saturated carbocycles. The summed E-state index contributed by atoms with van der Waals surface area (Å²) in [6, 6.07) is 5.03. The number of aryl methyl sites for hydroxylation is 1. The molecule has 20 heavy (non-hydrogen) atoms. The Hall–Kier alpha value is -2.70. The van der Waals surface area contributed by atoms with E-state index in [0.717, 1.165) is 0 Å². The largest absolute Gasteiger partial charge is 0.492 e. The smallest absolute Gasteiger partial charge is 0.356 e. The van der Waals surface area contributed by atoms with E-state index in [1.54, 1.807) is 19.2 Å². The van der Waals surface area contributed by atoms with Gasteiger partial charge in [-0.3, -0.25) is 4.68 Å². The van der Waals surface area contributed by atoms with Gasteiger partial charge in [-0.2, -0.15) is 5.10 Å². The maximum absolute atomic E-state index is 11.0. The van der Waals surface area contributed by atoms with Gasteiger partial charge >= 0.3 is 5.97 Å². The number of ether oxygens (including phenoxy) is 3. The van der Waals surface area contributed by atoms with Crippen LogP contribution in [0.25, 0.3) is 11.3 Å². The third-order valence-electron chi connectivity index (χ3n) is 3.07. The molecule has 0 amide bonds. The predicted octanol–water partition coefficient (Wildman–Crippen LogP) is 1.52. The van der Waals surface area contributed by atoms with E-state index in [0.29, 0.717) is 28.5 Å². The van der Waals surface area contributed by atoms with Crippen molar-refractivity contribution in [1.29, 1.82) is 0 Å². The highest BCUT2D eigenvalue weighted by Gasteiger charge is 2.24. The van der Waals surface area contributed by atoms with Gasteiger partial charge in [0.15, 0.2) is 17.2 Å². The lowest BCUT2D eigenvalue weighted by Gasteiger charge is -2.10. The number of benzene rings is 1. The highest BCUT2D eigenvalue weighted by molar-refractivity contribution is 5.87. The van der Waals surface area contributed by atoms with Crippen LogP contribution < -0.4 is 14.2 Å². The van der Waals surface area contributed by atoms with E-state index in [-0.39, 0.29) is 12.5 Å². The van der Waals surface area contributed by atoms with Crippen LogP contribution >= 0.6 is 0 Å². The highest BCUT2D eigenvalue weighted by atomic mass is 16.7. The van der Waals surface area contributed by atoms with Crippen LogP contribution in [0.3, 0.4) is 0 Å². The van der Waals surface area contributed by atoms with Crippen molar-refractivity contribution in [3.8, 4) is 28.5 Å². The molecule has 1 aromatic carbocycles. The van der Waals surface area contributed by atoms with Crippen LogP contribution in [0, 0.1) is 0 Å². The minimum atomic E-state index is -1.08. The maximum Gasteiger partial charge on any atom is 0.356 e. The maximum atomic E-state index is 11.0. The number of fused-ring (bicyclic) bond motifs is 1. The number of rotatable bonds is 3. The van der Waals surface area contributed by atoms with Crippen molar-refractivity contribution in [2.24, 2.45) is 7.05 Å². The van der Waals surface area contributed by atoms with Crippen LogP contribution in [0.2, 0.25) is 0 Å². The summed E-state index contributed by atoms with van der Waals surface area (Å²) < 4.78 is 17.5. The quantitative estimate of drug-likeness (QED) is 0.915. The third-order valence-corrected chi connectivity index (χ3v) is 3.07. The summed E-state index contributed by atoms with van der Waals surface area (Å²) in [6.45, 7) is 0.140. The van der Waals surface area contributed by atoms with Crippen LogP contribution in [-0.2, 0) is 7.05 Å². The van der Waals surface area contributed by atoms with Gasteiger partial charge in [0.05, 0.1) is 12.8 Å². The summed E-state index contributed by atoms with van der Waals surface area (Å²) in [5, 5.41) is 12.9. The van der Waals surface area contributed by atoms with Crippen molar-refractivity contribution in [3.05, 3.63) is 23.9 Å². The molecule has 0 fully saturated rings. The standard InChI is InChI=1S/C13H12N2O5/c1-15-9(5-8(14-15)13(16)17)7-3-4-10-12(11(7)18-2)20-6-19-10/h3-5H,6H2,1-2H3,(H,16,17). The van der Waals surface area contributed by atoms with Crippen LogP contribution in [0.5, 0.6) is 17.2 Å². The average molecular weight is 276 g/mol. The Labute approximate surface area is 114 Å².